The number of thiol groups is 2. The maximum Gasteiger partial charge on any atom is 0.309 e. The van der Waals surface area contributed by atoms with Crippen molar-refractivity contribution in [3.05, 3.63) is 260 Å². The van der Waals surface area contributed by atoms with Gasteiger partial charge in [0.1, 0.15) is 17.0 Å². The van der Waals surface area contributed by atoms with Crippen LogP contribution in [0.3, 0.4) is 0 Å². The number of halogens is 1. The number of aliphatic hydroxyl groups excluding tert-OH is 2. The van der Waals surface area contributed by atoms with Crippen molar-refractivity contribution >= 4 is 136 Å². The first kappa shape index (κ1) is 115. The average molecular weight is 2030 g/mol. The van der Waals surface area contributed by atoms with Crippen molar-refractivity contribution in [2.45, 2.75) is 309 Å². The van der Waals surface area contributed by atoms with Crippen LogP contribution in [0.15, 0.2) is 160 Å². The van der Waals surface area contributed by atoms with E-state index in [4.69, 9.17) is 35.0 Å². The number of aryl methyl sites for hydroxylation is 9. The molecule has 746 valence electrons. The van der Waals surface area contributed by atoms with Crippen molar-refractivity contribution in [1.29, 1.82) is 5.53 Å². The summed E-state index contributed by atoms with van der Waals surface area (Å²) in [5.41, 5.74) is 24.3. The number of esters is 5. The molecule has 0 saturated carbocycles. The van der Waals surface area contributed by atoms with Gasteiger partial charge in [0.15, 0.2) is 13.0 Å². The number of anilines is 1. The van der Waals surface area contributed by atoms with Crippen molar-refractivity contribution in [3.63, 3.8) is 0 Å². The SMILES string of the molecule is C.CCCCSc1cc([C@@H]2CCC(=O)OC2)ccc1C.CCCCSc1cc([C@H]2COC(=O)C(Cc3ccc(C)c([N+](=O)[O-])c3)C2)ccc1C.CCCCSc1cc([C@H]2COC(=O)C(Cc3ccc(O)c(N)c3)C2)ccc1C.Cc1ccc(CBr)cc1[N+](=O)[O-].[2H]B(C)S.[2H]B(C)S.[3H]OC[C@@H](CCC(=O)OC(C)(C)C)c1ccc(C)c(C)c1.[3H]OC[C@@H](CCC(=O)OC(C)(C)C)c1ccc(C)c(C)c1. The second kappa shape index (κ2) is 64.2. The Morgan fingerprint density at radius 1 is 0.529 bits per heavy atom. The van der Waals surface area contributed by atoms with E-state index >= 15 is 0 Å². The van der Waals surface area contributed by atoms with Crippen molar-refractivity contribution in [2.75, 3.05) is 56.0 Å². The van der Waals surface area contributed by atoms with Crippen LogP contribution in [-0.2, 0) is 65.8 Å². The molecule has 3 saturated heterocycles. The number of unbranched alkanes of at least 4 members (excludes halogenated alkanes) is 3. The number of ether oxygens (including phenoxy) is 5. The van der Waals surface area contributed by atoms with Crippen molar-refractivity contribution in [1.82, 2.24) is 0 Å². The molecule has 3 fully saturated rings. The number of nitro groups is 2. The van der Waals surface area contributed by atoms with Gasteiger partial charge in [-0.2, -0.15) is 0 Å². The summed E-state index contributed by atoms with van der Waals surface area (Å²) in [5, 5.41) is 41.1. The fraction of sp³-hybridized carbons (Fsp3) is 0.509. The Kier molecular flexibility index (Phi) is 54.2. The Balaban J connectivity index is 0.000000431. The largest absolute Gasteiger partial charge is 0.506 e. The van der Waals surface area contributed by atoms with E-state index in [1.807, 2.05) is 107 Å². The number of hydrogen-bond acceptors (Lipinski definition) is 23. The lowest BCUT2D eigenvalue weighted by atomic mass is 9.84. The Bertz CT molecular complexity index is 5080. The summed E-state index contributed by atoms with van der Waals surface area (Å²) in [4.78, 5) is 84.4. The summed E-state index contributed by atoms with van der Waals surface area (Å²) in [6.07, 6.45) is 13.2. The smallest absolute Gasteiger partial charge is 0.309 e. The van der Waals surface area contributed by atoms with Gasteiger partial charge >= 0.3 is 29.8 Å². The second-order valence-electron chi connectivity index (χ2n) is 36.5. The Morgan fingerprint density at radius 2 is 0.875 bits per heavy atom. The lowest BCUT2D eigenvalue weighted by molar-refractivity contribution is -0.385. The predicted octanol–water partition coefficient (Wildman–Crippen LogP) is 26.4. The monoisotopic (exact) mass is 2030 g/mol. The van der Waals surface area contributed by atoms with Crippen LogP contribution in [0.1, 0.15) is 284 Å². The van der Waals surface area contributed by atoms with E-state index in [1.54, 1.807) is 63.9 Å². The van der Waals surface area contributed by atoms with Gasteiger partial charge < -0.3 is 44.7 Å². The van der Waals surface area contributed by atoms with E-state index in [1.165, 1.54) is 115 Å². The first-order valence-corrected chi connectivity index (χ1v) is 52.0. The number of nitrogen functional groups attached to an aromatic ring is 1. The van der Waals surface area contributed by atoms with Gasteiger partial charge in [-0.1, -0.05) is 180 Å². The summed E-state index contributed by atoms with van der Waals surface area (Å²) < 4.78 is 53.7. The molecule has 0 aromatic heterocycles. The van der Waals surface area contributed by atoms with Crippen LogP contribution >= 0.6 is 76.2 Å². The highest BCUT2D eigenvalue weighted by molar-refractivity contribution is 9.08. The zero-order valence-electron chi connectivity index (χ0n) is 87.2. The molecule has 28 heteroatoms. The van der Waals surface area contributed by atoms with Crippen molar-refractivity contribution in [2.24, 2.45) is 11.8 Å². The number of phenols is 1. The lowest BCUT2D eigenvalue weighted by Crippen LogP contribution is -2.31. The molecule has 0 aliphatic carbocycles. The molecule has 0 spiro atoms. The highest BCUT2D eigenvalue weighted by Gasteiger charge is 2.35. The fourth-order valence-corrected chi connectivity index (χ4v) is 18.5. The number of phenolic OH excluding ortho intramolecular Hbond substituents is 1. The van der Waals surface area contributed by atoms with E-state index in [9.17, 15) is 49.3 Å². The number of aromatic hydroxyl groups is 1. The summed E-state index contributed by atoms with van der Waals surface area (Å²) in [6.45, 7) is 40.8. The summed E-state index contributed by atoms with van der Waals surface area (Å²) in [7, 11) is 0. The maximum atomic E-state index is 12.4. The van der Waals surface area contributed by atoms with Gasteiger partial charge in [-0.05, 0) is 302 Å². The van der Waals surface area contributed by atoms with Gasteiger partial charge in [-0.25, -0.2) is 25.0 Å². The molecule has 3 aliphatic heterocycles. The number of nitrogens with zero attached hydrogens (tertiary/aromatic N) is 2. The second-order valence-corrected chi connectivity index (χ2v) is 41.5. The predicted molar refractivity (Wildman–Crippen MR) is 578 cm³/mol. The minimum atomic E-state index is -0.459. The zero-order chi connectivity index (χ0) is 104. The van der Waals surface area contributed by atoms with E-state index in [0.717, 1.165) is 52.2 Å². The van der Waals surface area contributed by atoms with Crippen LogP contribution in [0.5, 0.6) is 5.75 Å². The first-order chi connectivity index (χ1) is 65.6. The lowest BCUT2D eigenvalue weighted by Gasteiger charge is -2.29. The maximum absolute atomic E-state index is 12.4. The fourth-order valence-electron chi connectivity index (χ4n) is 14.7. The van der Waals surface area contributed by atoms with Crippen LogP contribution in [0, 0.1) is 94.4 Å². The number of benzene rings is 8. The number of carbonyl (C=O) groups excluding carboxylic acids is 5. The first-order valence-electron chi connectivity index (χ1n) is 48.9. The van der Waals surface area contributed by atoms with Crippen LogP contribution < -0.4 is 5.73 Å². The third kappa shape index (κ3) is 44.9. The van der Waals surface area contributed by atoms with Crippen molar-refractivity contribution in [3.8, 4) is 5.75 Å². The van der Waals surface area contributed by atoms with Gasteiger partial charge in [0.25, 0.3) is 11.4 Å². The summed E-state index contributed by atoms with van der Waals surface area (Å²) in [5.74, 6) is 3.00. The Morgan fingerprint density at radius 3 is 1.21 bits per heavy atom. The van der Waals surface area contributed by atoms with E-state index in [2.05, 4.69) is 199 Å². The quantitative estimate of drug-likeness (QED) is 0.00187. The molecule has 3 heterocycles. The Hall–Kier alpha value is -8.21. The number of hydrogen-bond donors (Lipinski definition) is 6. The molecule has 7 atom stereocenters. The molecule has 5 N–H and O–H groups in total. The molecule has 20 nitrogen and oxygen atoms in total. The number of nitro benzene ring substituents is 2. The molecule has 0 amide bonds. The number of cyclic esters (lactones) is 3. The number of nitrogens with two attached hydrogens (primary N) is 1. The summed E-state index contributed by atoms with van der Waals surface area (Å²) >= 11 is 16.2. The van der Waals surface area contributed by atoms with E-state index < -0.39 is 11.2 Å². The standard InChI is InChI=1S/C24H29NO4S.C23H29NO3S.2C17H26O3.C16H22O2S.C8H8BrNO2.2CH5BS.CH4/c1-4-5-10-30-23-14-19(9-7-17(23)3)21-13-20(24(26)29-15-21)11-18-8-6-16(2)22(12-18)25(27)28;1-3-4-9-28-22-13-17(7-5-15(22)2)19-12-18(23(26)27-14-19)10-16-6-8-21(25)20(24)11-16;2*1-12-6-7-14(10-13(12)2)15(11-18)8-9-16(19)20-17(3,4)5;1-3-4-9-19-15-10-13(6-5-12(15)2)14-7-8-16(17)18-11-14;1-6-2-3-7(5-9)4-8(6)10(11)12;2*1-2-3;/h6-9,12,14,20-21H,4-5,10-11,13,15H2,1-3H3;5-8,11,13,18-19,25H,3-4,9-10,12,14,24H2,1-2H3;2*6-7,10,15,18H,8-9,11H2,1-5H3;5-6,10,14H,3-4,7-9,11H2,1-2H3;2-4H,5H2,1H3;2*2-3H,1H3;1H4/t20?,21-;18?,19-;2*15-;14-;;;;/m11111..../s1/i;;2*18T;;;2*2D;. The molecule has 8 aromatic rings. The van der Waals surface area contributed by atoms with E-state index in [0.29, 0.717) is 99.2 Å². The molecule has 2 unspecified atom stereocenters. The molecular weight excluding hydrogens is 1870 g/mol. The molecule has 8 aromatic carbocycles. The van der Waals surface area contributed by atoms with Gasteiger partial charge in [0, 0.05) is 105 Å². The average Bonchev–Trinajstić information content (AvgIpc) is 0.821. The molecule has 11 rings (SSSR count). The molecule has 0 bridgehead atoms. The third-order valence-electron chi connectivity index (χ3n) is 22.9. The van der Waals surface area contributed by atoms with Gasteiger partial charge in [-0.15, -0.1) is 35.3 Å². The highest BCUT2D eigenvalue weighted by atomic mass is 79.9. The van der Waals surface area contributed by atoms with Gasteiger partial charge in [-0.3, -0.25) is 44.2 Å². The normalized spacial score (nSPS) is 16.2. The van der Waals surface area contributed by atoms with Crippen LogP contribution in [0.25, 0.3) is 0 Å². The van der Waals surface area contributed by atoms with E-state index in [-0.39, 0.29) is 126 Å². The van der Waals surface area contributed by atoms with Crippen LogP contribution in [0.2, 0.25) is 13.6 Å². The van der Waals surface area contributed by atoms with Crippen LogP contribution in [0.4, 0.5) is 17.1 Å². The third-order valence-corrected chi connectivity index (χ3v) is 27.3. The molecule has 0 radical (unpaired) electrons. The van der Waals surface area contributed by atoms with Crippen molar-refractivity contribution < 1.29 is 72.8 Å². The van der Waals surface area contributed by atoms with Gasteiger partial charge in [0.05, 0.1) is 47.2 Å². The Labute approximate surface area is 851 Å². The topological polar surface area (TPSA) is 304 Å². The number of aliphatic hydroxyl groups is 2. The molecule has 136 heavy (non-hydrogen) atoms. The molecule has 3 aliphatic rings. The zero-order valence-corrected chi connectivity index (χ0v) is 89.0. The number of rotatable bonds is 34. The molecular formula is C108H154B2BrN3O17S5. The minimum Gasteiger partial charge on any atom is -0.506 e. The number of carbonyl (C=O) groups is 5. The highest BCUT2D eigenvalue weighted by Crippen LogP contribution is 2.40. The van der Waals surface area contributed by atoms with Crippen LogP contribution in [-0.4, -0.2) is 135 Å². The number of alkyl halides is 1. The van der Waals surface area contributed by atoms with Gasteiger partial charge in [0.2, 0.25) is 2.86 Å². The summed E-state index contributed by atoms with van der Waals surface area (Å²) in [6, 6.07) is 47.8. The minimum absolute atomic E-state index is 0. The number of thioether (sulfide) groups is 3.